The van der Waals surface area contributed by atoms with Crippen molar-refractivity contribution in [3.8, 4) is 0 Å². The highest BCUT2D eigenvalue weighted by Crippen LogP contribution is 2.46. The predicted octanol–water partition coefficient (Wildman–Crippen LogP) is 6.72. The first-order chi connectivity index (χ1) is 16.0. The van der Waals surface area contributed by atoms with Crippen LogP contribution in [0.15, 0.2) is 60.7 Å². The number of amides is 1. The molecule has 0 spiro atoms. The Morgan fingerprint density at radius 2 is 1.71 bits per heavy atom. The lowest BCUT2D eigenvalue weighted by Gasteiger charge is -2.41. The summed E-state index contributed by atoms with van der Waals surface area (Å²) in [5.41, 5.74) is -1.40. The summed E-state index contributed by atoms with van der Waals surface area (Å²) in [7, 11) is 0. The highest BCUT2D eigenvalue weighted by atomic mass is 35.5. The molecule has 2 atom stereocenters. The Hall–Kier alpha value is -3.10. The van der Waals surface area contributed by atoms with Crippen LogP contribution < -0.4 is 0 Å². The molecule has 4 rings (SSSR count). The molecule has 0 aromatic heterocycles. The van der Waals surface area contributed by atoms with Gasteiger partial charge in [0.2, 0.25) is 0 Å². The van der Waals surface area contributed by atoms with E-state index in [1.807, 2.05) is 0 Å². The van der Waals surface area contributed by atoms with Crippen LogP contribution in [0, 0.1) is 5.82 Å². The molecule has 0 aliphatic carbocycles. The number of hydrogen-bond donors (Lipinski definition) is 1. The summed E-state index contributed by atoms with van der Waals surface area (Å²) in [4.78, 5) is 26.9. The fourth-order valence-electron chi connectivity index (χ4n) is 4.23. The number of carbonyl (C=O) groups is 2. The number of halogens is 6. The summed E-state index contributed by atoms with van der Waals surface area (Å²) < 4.78 is 54.6. The molecular formula is C24H15Cl2F4NO3. The zero-order valence-electron chi connectivity index (χ0n) is 17.1. The van der Waals surface area contributed by atoms with Crippen molar-refractivity contribution in [1.29, 1.82) is 0 Å². The molecule has 10 heteroatoms. The number of aliphatic carboxylic acids is 1. The van der Waals surface area contributed by atoms with Crippen LogP contribution in [0.3, 0.4) is 0 Å². The molecule has 1 N–H and O–H groups in total. The van der Waals surface area contributed by atoms with Crippen LogP contribution in [0.1, 0.15) is 44.6 Å². The SMILES string of the molecule is O=C(O)C1c2ccccc2C(=O)N(Cc2cccc(C(F)(F)F)c2F)C1c1ccc(Cl)cc1Cl. The molecule has 0 fully saturated rings. The van der Waals surface area contributed by atoms with Crippen LogP contribution in [0.25, 0.3) is 0 Å². The molecule has 34 heavy (non-hydrogen) atoms. The largest absolute Gasteiger partial charge is 0.481 e. The van der Waals surface area contributed by atoms with Gasteiger partial charge in [-0.25, -0.2) is 4.39 Å². The van der Waals surface area contributed by atoms with Crippen molar-refractivity contribution < 1.29 is 32.3 Å². The zero-order valence-corrected chi connectivity index (χ0v) is 18.6. The van der Waals surface area contributed by atoms with Gasteiger partial charge in [0, 0.05) is 27.7 Å². The molecular weight excluding hydrogens is 497 g/mol. The number of rotatable bonds is 4. The van der Waals surface area contributed by atoms with E-state index in [-0.39, 0.29) is 26.7 Å². The maximum absolute atomic E-state index is 14.8. The molecule has 4 nitrogen and oxygen atoms in total. The van der Waals surface area contributed by atoms with Gasteiger partial charge in [-0.2, -0.15) is 13.2 Å². The highest BCUT2D eigenvalue weighted by molar-refractivity contribution is 6.35. The Kier molecular flexibility index (Phi) is 6.31. The lowest BCUT2D eigenvalue weighted by Crippen LogP contribution is -2.44. The van der Waals surface area contributed by atoms with E-state index in [0.717, 1.165) is 17.0 Å². The number of benzene rings is 3. The number of carbonyl (C=O) groups excluding carboxylic acids is 1. The van der Waals surface area contributed by atoms with Crippen molar-refractivity contribution in [3.05, 3.63) is 104 Å². The predicted molar refractivity (Wildman–Crippen MR) is 117 cm³/mol. The third-order valence-corrected chi connectivity index (χ3v) is 6.27. The second kappa shape index (κ2) is 8.92. The van der Waals surface area contributed by atoms with Crippen LogP contribution >= 0.6 is 23.2 Å². The number of carboxylic acid groups (broad SMARTS) is 1. The van der Waals surface area contributed by atoms with Gasteiger partial charge in [-0.15, -0.1) is 0 Å². The Morgan fingerprint density at radius 3 is 2.35 bits per heavy atom. The van der Waals surface area contributed by atoms with Crippen LogP contribution in [0.2, 0.25) is 10.0 Å². The van der Waals surface area contributed by atoms with Crippen LogP contribution in [0.5, 0.6) is 0 Å². The second-order valence-corrected chi connectivity index (χ2v) is 8.57. The smallest absolute Gasteiger partial charge is 0.419 e. The molecule has 176 valence electrons. The summed E-state index contributed by atoms with van der Waals surface area (Å²) in [5.74, 6) is -4.80. The Morgan fingerprint density at radius 1 is 1.00 bits per heavy atom. The molecule has 3 aromatic rings. The van der Waals surface area contributed by atoms with Gasteiger partial charge in [0.15, 0.2) is 0 Å². The third-order valence-electron chi connectivity index (χ3n) is 5.71. The minimum Gasteiger partial charge on any atom is -0.481 e. The number of hydrogen-bond acceptors (Lipinski definition) is 2. The summed E-state index contributed by atoms with van der Waals surface area (Å²) in [6.07, 6.45) is -4.94. The molecule has 1 aliphatic rings. The van der Waals surface area contributed by atoms with Crippen molar-refractivity contribution in [3.63, 3.8) is 0 Å². The average molecular weight is 512 g/mol. The highest BCUT2D eigenvalue weighted by Gasteiger charge is 2.45. The van der Waals surface area contributed by atoms with Gasteiger partial charge in [-0.1, -0.05) is 59.6 Å². The summed E-state index contributed by atoms with van der Waals surface area (Å²) in [6.45, 7) is -0.615. The Bertz CT molecular complexity index is 1300. The van der Waals surface area contributed by atoms with Crippen LogP contribution in [-0.2, 0) is 17.5 Å². The van der Waals surface area contributed by atoms with E-state index < -0.39 is 53.5 Å². The standard InChI is InChI=1S/C24H15Cl2F4NO3/c25-13-8-9-16(18(26)10-13)21-19(23(33)34)14-5-1-2-6-15(14)22(32)31(21)11-12-4-3-7-17(20(12)27)24(28,29)30/h1-10,19,21H,11H2,(H,33,34). The second-order valence-electron chi connectivity index (χ2n) is 7.72. The Balaban J connectivity index is 1.92. The normalized spacial score (nSPS) is 18.1. The van der Waals surface area contributed by atoms with Gasteiger partial charge in [-0.05, 0) is 35.4 Å². The van der Waals surface area contributed by atoms with Crippen LogP contribution in [0.4, 0.5) is 17.6 Å². The first-order valence-electron chi connectivity index (χ1n) is 9.93. The molecule has 0 saturated heterocycles. The van der Waals surface area contributed by atoms with Crippen molar-refractivity contribution in [2.24, 2.45) is 0 Å². The van der Waals surface area contributed by atoms with E-state index in [4.69, 9.17) is 23.2 Å². The summed E-state index contributed by atoms with van der Waals surface area (Å²) >= 11 is 12.3. The maximum atomic E-state index is 14.8. The van der Waals surface area contributed by atoms with Crippen molar-refractivity contribution >= 4 is 35.1 Å². The Labute approximate surface area is 201 Å². The van der Waals surface area contributed by atoms with Crippen molar-refractivity contribution in [2.45, 2.75) is 24.7 Å². The average Bonchev–Trinajstić information content (AvgIpc) is 2.76. The third kappa shape index (κ3) is 4.23. The molecule has 0 radical (unpaired) electrons. The molecule has 1 heterocycles. The molecule has 1 amide bonds. The number of fused-ring (bicyclic) bond motifs is 1. The van der Waals surface area contributed by atoms with Crippen molar-refractivity contribution in [1.82, 2.24) is 4.90 Å². The van der Waals surface area contributed by atoms with Crippen molar-refractivity contribution in [2.75, 3.05) is 0 Å². The van der Waals surface area contributed by atoms with E-state index in [1.165, 1.54) is 36.4 Å². The minimum absolute atomic E-state index is 0.0589. The summed E-state index contributed by atoms with van der Waals surface area (Å²) in [5, 5.41) is 10.4. The molecule has 1 aliphatic heterocycles. The first kappa shape index (κ1) is 24.0. The van der Waals surface area contributed by atoms with Gasteiger partial charge in [-0.3, -0.25) is 9.59 Å². The maximum Gasteiger partial charge on any atom is 0.419 e. The van der Waals surface area contributed by atoms with Crippen LogP contribution in [-0.4, -0.2) is 21.9 Å². The van der Waals surface area contributed by atoms with E-state index in [2.05, 4.69) is 0 Å². The van der Waals surface area contributed by atoms with Gasteiger partial charge in [0.05, 0.1) is 11.6 Å². The quantitative estimate of drug-likeness (QED) is 0.395. The molecule has 0 bridgehead atoms. The van der Waals surface area contributed by atoms with Gasteiger partial charge in [0.25, 0.3) is 5.91 Å². The fraction of sp³-hybridized carbons (Fsp3) is 0.167. The van der Waals surface area contributed by atoms with Gasteiger partial charge < -0.3 is 10.0 Å². The lowest BCUT2D eigenvalue weighted by atomic mass is 9.79. The van der Waals surface area contributed by atoms with E-state index >= 15 is 0 Å². The fourth-order valence-corrected chi connectivity index (χ4v) is 4.75. The minimum atomic E-state index is -4.94. The summed E-state index contributed by atoms with van der Waals surface area (Å²) in [6, 6.07) is 11.8. The monoisotopic (exact) mass is 511 g/mol. The number of alkyl halides is 3. The van der Waals surface area contributed by atoms with E-state index in [0.29, 0.717) is 6.07 Å². The lowest BCUT2D eigenvalue weighted by molar-refractivity contribution is -0.141. The van der Waals surface area contributed by atoms with Gasteiger partial charge in [0.1, 0.15) is 11.7 Å². The topological polar surface area (TPSA) is 57.6 Å². The van der Waals surface area contributed by atoms with E-state index in [9.17, 15) is 32.3 Å². The molecule has 2 unspecified atom stereocenters. The number of carboxylic acids is 1. The number of nitrogens with zero attached hydrogens (tertiary/aromatic N) is 1. The first-order valence-corrected chi connectivity index (χ1v) is 10.7. The van der Waals surface area contributed by atoms with Gasteiger partial charge >= 0.3 is 12.1 Å². The van der Waals surface area contributed by atoms with E-state index in [1.54, 1.807) is 6.07 Å². The molecule has 0 saturated carbocycles. The molecule has 3 aromatic carbocycles. The zero-order chi connectivity index (χ0) is 24.8.